The Morgan fingerprint density at radius 1 is 1.14 bits per heavy atom. The summed E-state index contributed by atoms with van der Waals surface area (Å²) in [7, 11) is 0. The second-order valence-corrected chi connectivity index (χ2v) is 6.16. The van der Waals surface area contributed by atoms with Crippen molar-refractivity contribution >= 4 is 11.7 Å². The van der Waals surface area contributed by atoms with Crippen LogP contribution < -0.4 is 5.32 Å². The monoisotopic (exact) mass is 296 g/mol. The van der Waals surface area contributed by atoms with E-state index in [2.05, 4.69) is 23.5 Å². The molecule has 2 aromatic rings. The fraction of sp³-hybridized carbons (Fsp3) is 0.316. The van der Waals surface area contributed by atoms with Crippen molar-refractivity contribution < 1.29 is 9.53 Å². The average molecular weight is 296 g/mol. The van der Waals surface area contributed by atoms with Gasteiger partial charge < -0.3 is 10.1 Å². The molecular weight excluding hydrogens is 274 g/mol. The van der Waals surface area contributed by atoms with Crippen LogP contribution in [0.15, 0.2) is 48.5 Å². The molecule has 1 radical (unpaired) electrons. The second-order valence-electron chi connectivity index (χ2n) is 6.16. The van der Waals surface area contributed by atoms with Crippen LogP contribution in [0.4, 0.5) is 5.69 Å². The zero-order chi connectivity index (χ0) is 16.0. The van der Waals surface area contributed by atoms with Crippen molar-refractivity contribution in [1.29, 1.82) is 0 Å². The second kappa shape index (κ2) is 7.12. The smallest absolute Gasteiger partial charge is 0.310 e. The fourth-order valence-electron chi connectivity index (χ4n) is 2.10. The molecule has 22 heavy (non-hydrogen) atoms. The standard InChI is InChI=1S/C19H22NO2/c1-19(2,3)22-18(21)13-16-11-7-8-12-17(16)20-14-15-9-5-4-6-10-15/h4-10,12,20H,13-14H2,1-3H3. The summed E-state index contributed by atoms with van der Waals surface area (Å²) in [6.07, 6.45) is 0.217. The van der Waals surface area contributed by atoms with E-state index in [0.29, 0.717) is 6.54 Å². The van der Waals surface area contributed by atoms with Crippen molar-refractivity contribution in [2.45, 2.75) is 39.3 Å². The number of anilines is 1. The molecule has 0 aliphatic heterocycles. The first-order valence-electron chi connectivity index (χ1n) is 7.43. The summed E-state index contributed by atoms with van der Waals surface area (Å²) in [6.45, 7) is 6.32. The number of carbonyl (C=O) groups is 1. The highest BCUT2D eigenvalue weighted by molar-refractivity contribution is 5.75. The third-order valence-electron chi connectivity index (χ3n) is 3.01. The lowest BCUT2D eigenvalue weighted by Gasteiger charge is -2.20. The van der Waals surface area contributed by atoms with E-state index in [1.54, 1.807) is 0 Å². The van der Waals surface area contributed by atoms with Crippen molar-refractivity contribution in [3.05, 3.63) is 65.7 Å². The van der Waals surface area contributed by atoms with Crippen LogP contribution in [-0.4, -0.2) is 11.6 Å². The molecule has 0 bridgehead atoms. The zero-order valence-electron chi connectivity index (χ0n) is 13.3. The number of hydrogen-bond acceptors (Lipinski definition) is 3. The Hall–Kier alpha value is -2.29. The first-order valence-corrected chi connectivity index (χ1v) is 7.43. The SMILES string of the molecule is CC(C)(C)OC(=O)Cc1[c]cccc1NCc1ccccc1. The number of benzene rings is 2. The molecule has 0 aromatic heterocycles. The third kappa shape index (κ3) is 5.24. The number of ether oxygens (including phenoxy) is 1. The number of nitrogens with one attached hydrogen (secondary N) is 1. The fourth-order valence-corrected chi connectivity index (χ4v) is 2.10. The topological polar surface area (TPSA) is 38.3 Å². The van der Waals surface area contributed by atoms with Crippen LogP contribution in [0.5, 0.6) is 0 Å². The van der Waals surface area contributed by atoms with Crippen LogP contribution in [0.25, 0.3) is 0 Å². The molecule has 0 heterocycles. The summed E-state index contributed by atoms with van der Waals surface area (Å²) >= 11 is 0. The molecule has 115 valence electrons. The lowest BCUT2D eigenvalue weighted by atomic mass is 10.1. The van der Waals surface area contributed by atoms with E-state index in [1.165, 1.54) is 5.56 Å². The Balaban J connectivity index is 2.02. The van der Waals surface area contributed by atoms with Gasteiger partial charge in [0.2, 0.25) is 0 Å². The minimum absolute atomic E-state index is 0.217. The van der Waals surface area contributed by atoms with Gasteiger partial charge in [-0.15, -0.1) is 0 Å². The molecule has 3 heteroatoms. The predicted octanol–water partition coefficient (Wildman–Crippen LogP) is 3.98. The Morgan fingerprint density at radius 3 is 2.55 bits per heavy atom. The number of esters is 1. The van der Waals surface area contributed by atoms with Crippen LogP contribution in [0.2, 0.25) is 0 Å². The molecule has 0 amide bonds. The van der Waals surface area contributed by atoms with Gasteiger partial charge in [0.25, 0.3) is 0 Å². The largest absolute Gasteiger partial charge is 0.460 e. The van der Waals surface area contributed by atoms with Gasteiger partial charge in [-0.25, -0.2) is 0 Å². The maximum Gasteiger partial charge on any atom is 0.310 e. The highest BCUT2D eigenvalue weighted by Crippen LogP contribution is 2.18. The van der Waals surface area contributed by atoms with E-state index in [9.17, 15) is 4.79 Å². The van der Waals surface area contributed by atoms with Gasteiger partial charge in [0.15, 0.2) is 0 Å². The van der Waals surface area contributed by atoms with E-state index in [0.717, 1.165) is 11.3 Å². The van der Waals surface area contributed by atoms with Gasteiger partial charge >= 0.3 is 5.97 Å². The summed E-state index contributed by atoms with van der Waals surface area (Å²) in [5.41, 5.74) is 2.46. The van der Waals surface area contributed by atoms with E-state index in [4.69, 9.17) is 4.74 Å². The first-order chi connectivity index (χ1) is 10.4. The lowest BCUT2D eigenvalue weighted by molar-refractivity contribution is -0.153. The van der Waals surface area contributed by atoms with E-state index < -0.39 is 5.60 Å². The van der Waals surface area contributed by atoms with Gasteiger partial charge in [0, 0.05) is 12.2 Å². The molecule has 2 aromatic carbocycles. The molecule has 2 rings (SSSR count). The number of rotatable bonds is 5. The molecule has 0 spiro atoms. The Labute approximate surface area is 132 Å². The van der Waals surface area contributed by atoms with Gasteiger partial charge in [0.05, 0.1) is 6.42 Å². The van der Waals surface area contributed by atoms with E-state index in [-0.39, 0.29) is 12.4 Å². The molecule has 0 saturated carbocycles. The van der Waals surface area contributed by atoms with Crippen molar-refractivity contribution in [3.8, 4) is 0 Å². The van der Waals surface area contributed by atoms with E-state index in [1.807, 2.05) is 57.2 Å². The van der Waals surface area contributed by atoms with Gasteiger partial charge in [-0.3, -0.25) is 4.79 Å². The summed E-state index contributed by atoms with van der Waals surface area (Å²) in [5.74, 6) is -0.238. The first kappa shape index (κ1) is 16.1. The van der Waals surface area contributed by atoms with Crippen LogP contribution in [0.1, 0.15) is 31.9 Å². The van der Waals surface area contributed by atoms with Gasteiger partial charge in [-0.05, 0) is 44.0 Å². The average Bonchev–Trinajstić information content (AvgIpc) is 2.45. The van der Waals surface area contributed by atoms with Crippen molar-refractivity contribution in [1.82, 2.24) is 0 Å². The van der Waals surface area contributed by atoms with Crippen LogP contribution in [0.3, 0.4) is 0 Å². The zero-order valence-corrected chi connectivity index (χ0v) is 13.3. The molecule has 0 saturated heterocycles. The van der Waals surface area contributed by atoms with Crippen molar-refractivity contribution in [2.24, 2.45) is 0 Å². The molecule has 0 fully saturated rings. The molecule has 0 atom stereocenters. The highest BCUT2D eigenvalue weighted by Gasteiger charge is 2.17. The Morgan fingerprint density at radius 2 is 1.86 bits per heavy atom. The summed E-state index contributed by atoms with van der Waals surface area (Å²) in [4.78, 5) is 12.0. The molecule has 3 nitrogen and oxygen atoms in total. The molecular formula is C19H22NO2. The Bertz CT molecular complexity index is 615. The maximum atomic E-state index is 12.0. The van der Waals surface area contributed by atoms with Crippen molar-refractivity contribution in [2.75, 3.05) is 5.32 Å². The van der Waals surface area contributed by atoms with E-state index >= 15 is 0 Å². The molecule has 0 unspecified atom stereocenters. The minimum atomic E-state index is -0.469. The summed E-state index contributed by atoms with van der Waals surface area (Å²) in [5, 5.41) is 3.36. The summed E-state index contributed by atoms with van der Waals surface area (Å²) < 4.78 is 5.37. The third-order valence-corrected chi connectivity index (χ3v) is 3.01. The lowest BCUT2D eigenvalue weighted by Crippen LogP contribution is -2.25. The Kier molecular flexibility index (Phi) is 5.21. The normalized spacial score (nSPS) is 11.0. The number of hydrogen-bond donors (Lipinski definition) is 1. The maximum absolute atomic E-state index is 12.0. The van der Waals surface area contributed by atoms with Crippen LogP contribution >= 0.6 is 0 Å². The minimum Gasteiger partial charge on any atom is -0.460 e. The quantitative estimate of drug-likeness (QED) is 0.848. The highest BCUT2D eigenvalue weighted by atomic mass is 16.6. The van der Waals surface area contributed by atoms with Gasteiger partial charge in [0.1, 0.15) is 5.60 Å². The van der Waals surface area contributed by atoms with Crippen molar-refractivity contribution in [3.63, 3.8) is 0 Å². The van der Waals surface area contributed by atoms with Crippen LogP contribution in [-0.2, 0) is 22.5 Å². The van der Waals surface area contributed by atoms with Gasteiger partial charge in [-0.2, -0.15) is 0 Å². The molecule has 0 aliphatic rings. The molecule has 0 aliphatic carbocycles. The van der Waals surface area contributed by atoms with Gasteiger partial charge in [-0.1, -0.05) is 42.5 Å². The molecule has 1 N–H and O–H groups in total. The predicted molar refractivity (Wildman–Crippen MR) is 88.6 cm³/mol. The number of carbonyl (C=O) groups excluding carboxylic acids is 1. The summed E-state index contributed by atoms with van der Waals surface area (Å²) in [6, 6.07) is 18.9. The van der Waals surface area contributed by atoms with Crippen LogP contribution in [0, 0.1) is 6.07 Å².